The molecule has 3 N–H and O–H groups in total. The molecule has 1 atom stereocenters. The number of anilines is 1. The van der Waals surface area contributed by atoms with Crippen LogP contribution in [0.3, 0.4) is 0 Å². The number of hydrogen-bond acceptors (Lipinski definition) is 2. The van der Waals surface area contributed by atoms with Crippen LogP contribution in [0, 0.1) is 0 Å². The van der Waals surface area contributed by atoms with Gasteiger partial charge in [0.2, 0.25) is 5.91 Å². The zero-order valence-electron chi connectivity index (χ0n) is 10.9. The van der Waals surface area contributed by atoms with Crippen LogP contribution in [0.15, 0.2) is 46.9 Å². The minimum atomic E-state index is -0.173. The molecule has 3 nitrogen and oxygen atoms in total. The van der Waals surface area contributed by atoms with Gasteiger partial charge >= 0.3 is 0 Å². The molecule has 4 heteroatoms. The second-order valence-corrected chi connectivity index (χ2v) is 5.82. The molecule has 3 rings (SSSR count). The minimum Gasteiger partial charge on any atom is -0.326 e. The lowest BCUT2D eigenvalue weighted by Crippen LogP contribution is -2.20. The van der Waals surface area contributed by atoms with Gasteiger partial charge in [0.1, 0.15) is 0 Å². The maximum atomic E-state index is 11.4. The second-order valence-electron chi connectivity index (χ2n) is 4.96. The van der Waals surface area contributed by atoms with Gasteiger partial charge in [0, 0.05) is 16.6 Å². The largest absolute Gasteiger partial charge is 0.326 e. The SMILES string of the molecule is NC(c1ccc2c(c1)CCC(=O)N2)c1ccccc1Br. The van der Waals surface area contributed by atoms with E-state index in [9.17, 15) is 4.79 Å². The number of amides is 1. The lowest BCUT2D eigenvalue weighted by Gasteiger charge is -2.20. The van der Waals surface area contributed by atoms with Crippen molar-refractivity contribution in [2.75, 3.05) is 5.32 Å². The monoisotopic (exact) mass is 330 g/mol. The summed E-state index contributed by atoms with van der Waals surface area (Å²) < 4.78 is 1.01. The summed E-state index contributed by atoms with van der Waals surface area (Å²) in [6, 6.07) is 13.8. The van der Waals surface area contributed by atoms with Crippen molar-refractivity contribution in [3.8, 4) is 0 Å². The van der Waals surface area contributed by atoms with Crippen molar-refractivity contribution < 1.29 is 4.79 Å². The average Bonchev–Trinajstić information content (AvgIpc) is 2.46. The highest BCUT2D eigenvalue weighted by Gasteiger charge is 2.18. The molecule has 102 valence electrons. The van der Waals surface area contributed by atoms with Gasteiger partial charge in [-0.3, -0.25) is 4.79 Å². The van der Waals surface area contributed by atoms with E-state index < -0.39 is 0 Å². The molecule has 2 aromatic carbocycles. The summed E-state index contributed by atoms with van der Waals surface area (Å²) in [7, 11) is 0. The van der Waals surface area contributed by atoms with E-state index >= 15 is 0 Å². The van der Waals surface area contributed by atoms with E-state index in [1.165, 1.54) is 0 Å². The topological polar surface area (TPSA) is 55.1 Å². The first-order valence-corrected chi connectivity index (χ1v) is 7.37. The van der Waals surface area contributed by atoms with Gasteiger partial charge in [-0.1, -0.05) is 46.3 Å². The van der Waals surface area contributed by atoms with Crippen molar-refractivity contribution in [3.63, 3.8) is 0 Å². The first kappa shape index (κ1) is 13.3. The van der Waals surface area contributed by atoms with Gasteiger partial charge in [0.05, 0.1) is 6.04 Å². The van der Waals surface area contributed by atoms with E-state index in [0.717, 1.165) is 33.3 Å². The molecular formula is C16H15BrN2O. The van der Waals surface area contributed by atoms with Gasteiger partial charge in [0.15, 0.2) is 0 Å². The number of halogens is 1. The van der Waals surface area contributed by atoms with Gasteiger partial charge in [-0.05, 0) is 35.2 Å². The summed E-state index contributed by atoms with van der Waals surface area (Å²) in [5, 5.41) is 2.89. The molecule has 0 aliphatic carbocycles. The molecule has 1 aliphatic rings. The molecule has 1 aliphatic heterocycles. The highest BCUT2D eigenvalue weighted by Crippen LogP contribution is 2.30. The Kier molecular flexibility index (Phi) is 3.59. The highest BCUT2D eigenvalue weighted by atomic mass is 79.9. The Morgan fingerprint density at radius 3 is 2.75 bits per heavy atom. The maximum Gasteiger partial charge on any atom is 0.224 e. The van der Waals surface area contributed by atoms with Crippen LogP contribution in [0.2, 0.25) is 0 Å². The number of fused-ring (bicyclic) bond motifs is 1. The minimum absolute atomic E-state index is 0.0837. The van der Waals surface area contributed by atoms with E-state index in [4.69, 9.17) is 5.73 Å². The van der Waals surface area contributed by atoms with Gasteiger partial charge in [-0.15, -0.1) is 0 Å². The Bertz CT molecular complexity index is 669. The van der Waals surface area contributed by atoms with Crippen LogP contribution in [-0.4, -0.2) is 5.91 Å². The first-order valence-electron chi connectivity index (χ1n) is 6.58. The van der Waals surface area contributed by atoms with Crippen LogP contribution >= 0.6 is 15.9 Å². The number of nitrogens with two attached hydrogens (primary N) is 1. The Hall–Kier alpha value is -1.65. The van der Waals surface area contributed by atoms with E-state index in [1.807, 2.05) is 36.4 Å². The first-order chi connectivity index (χ1) is 9.65. The van der Waals surface area contributed by atoms with Crippen LogP contribution < -0.4 is 11.1 Å². The summed E-state index contributed by atoms with van der Waals surface area (Å²) in [4.78, 5) is 11.4. The fraction of sp³-hybridized carbons (Fsp3) is 0.188. The van der Waals surface area contributed by atoms with Crippen molar-refractivity contribution in [1.82, 2.24) is 0 Å². The van der Waals surface area contributed by atoms with Gasteiger partial charge < -0.3 is 11.1 Å². The van der Waals surface area contributed by atoms with Crippen LogP contribution in [-0.2, 0) is 11.2 Å². The number of carbonyl (C=O) groups excluding carboxylic acids is 1. The number of benzene rings is 2. The van der Waals surface area contributed by atoms with Crippen molar-refractivity contribution in [2.45, 2.75) is 18.9 Å². The van der Waals surface area contributed by atoms with Crippen LogP contribution in [0.1, 0.15) is 29.2 Å². The number of hydrogen-bond donors (Lipinski definition) is 2. The predicted octanol–water partition coefficient (Wildman–Crippen LogP) is 3.38. The van der Waals surface area contributed by atoms with Gasteiger partial charge in [0.25, 0.3) is 0 Å². The molecule has 1 amide bonds. The lowest BCUT2D eigenvalue weighted by molar-refractivity contribution is -0.116. The molecule has 0 spiro atoms. The zero-order chi connectivity index (χ0) is 14.1. The van der Waals surface area contributed by atoms with Crippen molar-refractivity contribution in [1.29, 1.82) is 0 Å². The predicted molar refractivity (Wildman–Crippen MR) is 83.6 cm³/mol. The maximum absolute atomic E-state index is 11.4. The molecule has 0 saturated carbocycles. The van der Waals surface area contributed by atoms with E-state index in [2.05, 4.69) is 27.3 Å². The summed E-state index contributed by atoms with van der Waals surface area (Å²) >= 11 is 3.54. The third kappa shape index (κ3) is 2.49. The highest BCUT2D eigenvalue weighted by molar-refractivity contribution is 9.10. The quantitative estimate of drug-likeness (QED) is 0.886. The normalized spacial score (nSPS) is 15.4. The fourth-order valence-corrected chi connectivity index (χ4v) is 3.04. The Balaban J connectivity index is 1.95. The van der Waals surface area contributed by atoms with Gasteiger partial charge in [-0.2, -0.15) is 0 Å². The Morgan fingerprint density at radius 2 is 1.95 bits per heavy atom. The molecule has 1 unspecified atom stereocenters. The third-order valence-electron chi connectivity index (χ3n) is 3.62. The lowest BCUT2D eigenvalue weighted by atomic mass is 9.94. The van der Waals surface area contributed by atoms with Gasteiger partial charge in [-0.25, -0.2) is 0 Å². The van der Waals surface area contributed by atoms with Crippen LogP contribution in [0.4, 0.5) is 5.69 Å². The molecular weight excluding hydrogens is 316 g/mol. The molecule has 20 heavy (non-hydrogen) atoms. The fourth-order valence-electron chi connectivity index (χ4n) is 2.50. The van der Waals surface area contributed by atoms with Crippen LogP contribution in [0.25, 0.3) is 0 Å². The summed E-state index contributed by atoms with van der Waals surface area (Å²) in [6.07, 6.45) is 1.32. The Labute approximate surface area is 126 Å². The van der Waals surface area contributed by atoms with Crippen molar-refractivity contribution >= 4 is 27.5 Å². The summed E-state index contributed by atoms with van der Waals surface area (Å²) in [6.45, 7) is 0. The smallest absolute Gasteiger partial charge is 0.224 e. The summed E-state index contributed by atoms with van der Waals surface area (Å²) in [5.41, 5.74) is 10.5. The number of rotatable bonds is 2. The Morgan fingerprint density at radius 1 is 1.15 bits per heavy atom. The molecule has 0 bridgehead atoms. The molecule has 0 radical (unpaired) electrons. The van der Waals surface area contributed by atoms with E-state index in [1.54, 1.807) is 0 Å². The molecule has 0 aromatic heterocycles. The van der Waals surface area contributed by atoms with Crippen molar-refractivity contribution in [2.24, 2.45) is 5.73 Å². The molecule has 0 fully saturated rings. The number of aryl methyl sites for hydroxylation is 1. The standard InChI is InChI=1S/C16H15BrN2O/c17-13-4-2-1-3-12(13)16(18)11-5-7-14-10(9-11)6-8-15(20)19-14/h1-5,7,9,16H,6,8,18H2,(H,19,20). The molecule has 1 heterocycles. The number of nitrogens with one attached hydrogen (secondary N) is 1. The zero-order valence-corrected chi connectivity index (χ0v) is 12.5. The number of carbonyl (C=O) groups is 1. The summed E-state index contributed by atoms with van der Waals surface area (Å²) in [5.74, 6) is 0.0837. The van der Waals surface area contributed by atoms with E-state index in [0.29, 0.717) is 6.42 Å². The third-order valence-corrected chi connectivity index (χ3v) is 4.35. The van der Waals surface area contributed by atoms with Crippen molar-refractivity contribution in [3.05, 3.63) is 63.6 Å². The van der Waals surface area contributed by atoms with Crippen LogP contribution in [0.5, 0.6) is 0 Å². The molecule has 0 saturated heterocycles. The average molecular weight is 331 g/mol. The van der Waals surface area contributed by atoms with E-state index in [-0.39, 0.29) is 11.9 Å². The molecule has 2 aromatic rings. The second kappa shape index (κ2) is 5.38.